The van der Waals surface area contributed by atoms with Crippen LogP contribution in [0.25, 0.3) is 0 Å². The van der Waals surface area contributed by atoms with E-state index >= 15 is 0 Å². The number of methoxy groups -OCH3 is 2. The highest BCUT2D eigenvalue weighted by atomic mass is 35.5. The summed E-state index contributed by atoms with van der Waals surface area (Å²) in [7, 11) is -0.786. The smallest absolute Gasteiger partial charge is 0.255 e. The summed E-state index contributed by atoms with van der Waals surface area (Å²) in [5, 5.41) is 3.09. The van der Waals surface area contributed by atoms with Gasteiger partial charge in [-0.25, -0.2) is 8.42 Å². The number of hydrogen-bond acceptors (Lipinski definition) is 6. The van der Waals surface area contributed by atoms with Gasteiger partial charge in [-0.1, -0.05) is 25.4 Å². The highest BCUT2D eigenvalue weighted by Crippen LogP contribution is 2.37. The van der Waals surface area contributed by atoms with Gasteiger partial charge >= 0.3 is 0 Å². The molecule has 0 atom stereocenters. The minimum Gasteiger partial charge on any atom is -0.493 e. The lowest BCUT2D eigenvalue weighted by Crippen LogP contribution is -2.31. The van der Waals surface area contributed by atoms with Crippen molar-refractivity contribution in [3.05, 3.63) is 40.9 Å². The van der Waals surface area contributed by atoms with Gasteiger partial charge < -0.3 is 19.7 Å². The van der Waals surface area contributed by atoms with Crippen molar-refractivity contribution < 1.29 is 22.7 Å². The first-order chi connectivity index (χ1) is 15.7. The number of sulfonamides is 1. The summed E-state index contributed by atoms with van der Waals surface area (Å²) in [4.78, 5) is 15.3. The summed E-state index contributed by atoms with van der Waals surface area (Å²) in [5.74, 6) is 0.187. The predicted octanol–water partition coefficient (Wildman–Crippen LogP) is 4.49. The fourth-order valence-corrected chi connectivity index (χ4v) is 5.34. The fourth-order valence-electron chi connectivity index (χ4n) is 3.57. The van der Waals surface area contributed by atoms with Crippen LogP contribution in [0.15, 0.2) is 35.2 Å². The molecule has 0 saturated heterocycles. The number of carbonyl (C=O) groups excluding carboxylic acids is 1. The molecule has 2 aromatic carbocycles. The van der Waals surface area contributed by atoms with Crippen molar-refractivity contribution in [2.45, 2.75) is 32.6 Å². The molecule has 10 heteroatoms. The highest BCUT2D eigenvalue weighted by Gasteiger charge is 2.24. The van der Waals surface area contributed by atoms with E-state index in [4.69, 9.17) is 21.1 Å². The second kappa shape index (κ2) is 11.6. The van der Waals surface area contributed by atoms with Crippen LogP contribution in [0, 0.1) is 0 Å². The number of hydrogen-bond donors (Lipinski definition) is 1. The monoisotopic (exact) mass is 497 g/mol. The zero-order chi connectivity index (χ0) is 24.8. The third-order valence-corrected chi connectivity index (χ3v) is 7.69. The Balaban J connectivity index is 2.57. The van der Waals surface area contributed by atoms with Crippen LogP contribution < -0.4 is 19.7 Å². The molecule has 1 amide bonds. The third kappa shape index (κ3) is 5.72. The molecule has 0 aliphatic heterocycles. The summed E-state index contributed by atoms with van der Waals surface area (Å²) < 4.78 is 38.0. The molecular formula is C23H32ClN3O5S. The number of ether oxygens (including phenoxy) is 2. The molecule has 0 unspecified atom stereocenters. The van der Waals surface area contributed by atoms with Gasteiger partial charge in [0.15, 0.2) is 11.5 Å². The van der Waals surface area contributed by atoms with Gasteiger partial charge in [-0.15, -0.1) is 0 Å². The number of carbonyl (C=O) groups is 1. The molecule has 0 bridgehead atoms. The Kier molecular flexibility index (Phi) is 9.39. The van der Waals surface area contributed by atoms with E-state index in [9.17, 15) is 13.2 Å². The van der Waals surface area contributed by atoms with Gasteiger partial charge in [0.05, 0.1) is 35.5 Å². The van der Waals surface area contributed by atoms with E-state index in [-0.39, 0.29) is 15.5 Å². The van der Waals surface area contributed by atoms with Crippen molar-refractivity contribution in [1.29, 1.82) is 0 Å². The largest absolute Gasteiger partial charge is 0.493 e. The van der Waals surface area contributed by atoms with Crippen molar-refractivity contribution >= 4 is 38.9 Å². The molecule has 182 valence electrons. The summed E-state index contributed by atoms with van der Waals surface area (Å²) in [6.07, 6.45) is 0. The van der Waals surface area contributed by atoms with E-state index in [0.29, 0.717) is 43.4 Å². The number of halogens is 1. The fraction of sp³-hybridized carbons (Fsp3) is 0.435. The normalized spacial score (nSPS) is 11.4. The minimum atomic E-state index is -3.70. The summed E-state index contributed by atoms with van der Waals surface area (Å²) >= 11 is 6.26. The molecule has 0 fully saturated rings. The van der Waals surface area contributed by atoms with Crippen molar-refractivity contribution in [3.8, 4) is 11.5 Å². The number of nitrogens with one attached hydrogen (secondary N) is 1. The van der Waals surface area contributed by atoms with E-state index in [1.807, 2.05) is 18.7 Å². The van der Waals surface area contributed by atoms with Crippen LogP contribution in [0.5, 0.6) is 11.5 Å². The van der Waals surface area contributed by atoms with Crippen LogP contribution in [0.2, 0.25) is 5.02 Å². The molecule has 0 saturated carbocycles. The van der Waals surface area contributed by atoms with E-state index in [1.165, 1.54) is 36.7 Å². The molecule has 2 rings (SSSR count). The average Bonchev–Trinajstić information content (AvgIpc) is 2.80. The van der Waals surface area contributed by atoms with Gasteiger partial charge in [-0.05, 0) is 44.2 Å². The van der Waals surface area contributed by atoms with Crippen LogP contribution in [0.3, 0.4) is 0 Å². The predicted molar refractivity (Wildman–Crippen MR) is 133 cm³/mol. The number of benzene rings is 2. The second-order valence-corrected chi connectivity index (χ2v) is 9.43. The van der Waals surface area contributed by atoms with Crippen molar-refractivity contribution in [3.63, 3.8) is 0 Å². The molecular weight excluding hydrogens is 466 g/mol. The summed E-state index contributed by atoms with van der Waals surface area (Å²) in [6.45, 7) is 9.62. The molecule has 2 aromatic rings. The average molecular weight is 498 g/mol. The lowest BCUT2D eigenvalue weighted by molar-refractivity contribution is 0.102. The molecule has 0 aliphatic carbocycles. The molecule has 0 spiro atoms. The molecule has 33 heavy (non-hydrogen) atoms. The molecule has 0 radical (unpaired) electrons. The number of rotatable bonds is 11. The van der Waals surface area contributed by atoms with Gasteiger partial charge in [-0.2, -0.15) is 4.31 Å². The Bertz CT molecular complexity index is 1080. The maximum Gasteiger partial charge on any atom is 0.255 e. The van der Waals surface area contributed by atoms with Crippen LogP contribution in [-0.2, 0) is 10.0 Å². The number of amides is 1. The first-order valence-electron chi connectivity index (χ1n) is 10.8. The molecule has 1 N–H and O–H groups in total. The van der Waals surface area contributed by atoms with E-state index in [1.54, 1.807) is 26.0 Å². The zero-order valence-corrected chi connectivity index (χ0v) is 21.5. The maximum atomic E-state index is 13.1. The Labute approximate surface area is 201 Å². The Hall–Kier alpha value is -2.49. The van der Waals surface area contributed by atoms with Crippen molar-refractivity contribution in [1.82, 2.24) is 4.31 Å². The van der Waals surface area contributed by atoms with Crippen LogP contribution in [0.4, 0.5) is 11.4 Å². The summed E-state index contributed by atoms with van der Waals surface area (Å²) in [6, 6.07) is 7.80. The molecule has 0 aromatic heterocycles. The van der Waals surface area contributed by atoms with Gasteiger partial charge in [0.2, 0.25) is 10.0 Å². The first-order valence-corrected chi connectivity index (χ1v) is 12.6. The molecule has 0 aliphatic rings. The Morgan fingerprint density at radius 3 is 2.12 bits per heavy atom. The quantitative estimate of drug-likeness (QED) is 0.492. The third-order valence-electron chi connectivity index (χ3n) is 5.36. The summed E-state index contributed by atoms with van der Waals surface area (Å²) in [5.41, 5.74) is 1.36. The van der Waals surface area contributed by atoms with E-state index < -0.39 is 15.9 Å². The molecule has 8 nitrogen and oxygen atoms in total. The zero-order valence-electron chi connectivity index (χ0n) is 19.9. The lowest BCUT2D eigenvalue weighted by Gasteiger charge is -2.26. The van der Waals surface area contributed by atoms with Crippen molar-refractivity contribution in [2.24, 2.45) is 0 Å². The SMILES string of the molecule is CCN(CC)c1ccc(S(=O)(=O)N(CC)CC)cc1NC(=O)c1cc(Cl)c(OC)c(OC)c1. The Morgan fingerprint density at radius 1 is 0.970 bits per heavy atom. The van der Waals surface area contributed by atoms with E-state index in [2.05, 4.69) is 5.32 Å². The lowest BCUT2D eigenvalue weighted by atomic mass is 10.1. The van der Waals surface area contributed by atoms with Gasteiger partial charge in [0, 0.05) is 31.7 Å². The van der Waals surface area contributed by atoms with Crippen LogP contribution in [-0.4, -0.2) is 59.0 Å². The second-order valence-electron chi connectivity index (χ2n) is 7.09. The maximum absolute atomic E-state index is 13.1. The van der Waals surface area contributed by atoms with Crippen LogP contribution >= 0.6 is 11.6 Å². The van der Waals surface area contributed by atoms with E-state index in [0.717, 1.165) is 5.69 Å². The topological polar surface area (TPSA) is 88.2 Å². The Morgan fingerprint density at radius 2 is 1.61 bits per heavy atom. The minimum absolute atomic E-state index is 0.114. The number of anilines is 2. The number of nitrogens with zero attached hydrogens (tertiary/aromatic N) is 2. The standard InChI is InChI=1S/C23H32ClN3O5S/c1-7-26(8-2)20-12-11-17(33(29,30)27(9-3)10-4)15-19(20)25-23(28)16-13-18(24)22(32-6)21(14-16)31-5/h11-15H,7-10H2,1-6H3,(H,25,28). The van der Waals surface area contributed by atoms with Crippen molar-refractivity contribution in [2.75, 3.05) is 50.6 Å². The molecule has 0 heterocycles. The first kappa shape index (κ1) is 26.8. The van der Waals surface area contributed by atoms with Gasteiger partial charge in [0.1, 0.15) is 0 Å². The van der Waals surface area contributed by atoms with Gasteiger partial charge in [0.25, 0.3) is 5.91 Å². The van der Waals surface area contributed by atoms with Crippen LogP contribution in [0.1, 0.15) is 38.1 Å². The van der Waals surface area contributed by atoms with Gasteiger partial charge in [-0.3, -0.25) is 4.79 Å². The highest BCUT2D eigenvalue weighted by molar-refractivity contribution is 7.89.